The summed E-state index contributed by atoms with van der Waals surface area (Å²) in [6.45, 7) is 2.73. The molecular weight excluding hydrogens is 634 g/mol. The van der Waals surface area contributed by atoms with E-state index >= 15 is 0 Å². The van der Waals surface area contributed by atoms with Crippen LogP contribution in [0.3, 0.4) is 0 Å². The summed E-state index contributed by atoms with van der Waals surface area (Å²) in [5.74, 6) is 1.21. The highest BCUT2D eigenvalue weighted by molar-refractivity contribution is 8.00. The van der Waals surface area contributed by atoms with Crippen molar-refractivity contribution >= 4 is 46.9 Å². The lowest BCUT2D eigenvalue weighted by Gasteiger charge is -2.19. The van der Waals surface area contributed by atoms with E-state index in [1.54, 1.807) is 85.8 Å². The zero-order valence-corrected chi connectivity index (χ0v) is 27.6. The highest BCUT2D eigenvalue weighted by atomic mass is 32.2. The molecular formula is C36H35N3O8S. The molecule has 0 bridgehead atoms. The topological polar surface area (TPSA) is 133 Å². The van der Waals surface area contributed by atoms with Crippen molar-refractivity contribution in [3.05, 3.63) is 102 Å². The number of carbonyl (C=O) groups is 3. The molecule has 1 atom stereocenters. The minimum Gasteiger partial charge on any atom is -0.496 e. The van der Waals surface area contributed by atoms with Crippen LogP contribution in [0.5, 0.6) is 28.7 Å². The molecule has 12 heteroatoms. The Bertz CT molecular complexity index is 1830. The van der Waals surface area contributed by atoms with Gasteiger partial charge in [-0.15, -0.1) is 11.8 Å². The first-order chi connectivity index (χ1) is 23.3. The van der Waals surface area contributed by atoms with Gasteiger partial charge in [-0.05, 0) is 61.5 Å². The van der Waals surface area contributed by atoms with Gasteiger partial charge in [0.25, 0.3) is 11.8 Å². The Morgan fingerprint density at radius 3 is 2.17 bits per heavy atom. The highest BCUT2D eigenvalue weighted by Crippen LogP contribution is 2.36. The van der Waals surface area contributed by atoms with Crippen LogP contribution in [-0.4, -0.2) is 57.5 Å². The van der Waals surface area contributed by atoms with Crippen molar-refractivity contribution in [1.82, 2.24) is 5.32 Å². The number of hydrogen-bond acceptors (Lipinski definition) is 9. The summed E-state index contributed by atoms with van der Waals surface area (Å²) in [5, 5.41) is 8.04. The molecule has 3 N–H and O–H groups in total. The van der Waals surface area contributed by atoms with Crippen LogP contribution in [0.4, 0.5) is 11.4 Å². The van der Waals surface area contributed by atoms with Gasteiger partial charge in [0.15, 0.2) is 23.0 Å². The van der Waals surface area contributed by atoms with E-state index in [9.17, 15) is 14.4 Å². The summed E-state index contributed by atoms with van der Waals surface area (Å²) in [4.78, 5) is 40.7. The Morgan fingerprint density at radius 1 is 0.750 bits per heavy atom. The van der Waals surface area contributed by atoms with Crippen molar-refractivity contribution in [1.29, 1.82) is 0 Å². The summed E-state index contributed by atoms with van der Waals surface area (Å²) in [6.07, 6.45) is 1.50. The molecule has 248 valence electrons. The van der Waals surface area contributed by atoms with Gasteiger partial charge in [-0.25, -0.2) is 0 Å². The molecule has 1 heterocycles. The van der Waals surface area contributed by atoms with E-state index in [1.165, 1.54) is 39.2 Å². The number of amides is 3. The summed E-state index contributed by atoms with van der Waals surface area (Å²) >= 11 is 1.33. The van der Waals surface area contributed by atoms with Crippen LogP contribution in [0.15, 0.2) is 95.5 Å². The normalized spacial score (nSPS) is 12.7. The number of carbonyl (C=O) groups excluding carboxylic acids is 3. The largest absolute Gasteiger partial charge is 0.496 e. The van der Waals surface area contributed by atoms with Crippen molar-refractivity contribution in [2.75, 3.05) is 45.2 Å². The third-order valence-electron chi connectivity index (χ3n) is 7.15. The quantitative estimate of drug-likeness (QED) is 0.123. The SMILES string of the molecule is COc1cc(OC)c(OC)cc1/C=C(/NC(=O)c1ccccc1)C(=O)Nc1cccc(SC(C)C(=O)Nc2ccc3c(c2)OCCO3)c1. The molecule has 4 aromatic carbocycles. The van der Waals surface area contributed by atoms with Gasteiger partial charge >= 0.3 is 0 Å². The molecule has 0 saturated carbocycles. The molecule has 0 saturated heterocycles. The van der Waals surface area contributed by atoms with Gasteiger partial charge in [-0.2, -0.15) is 0 Å². The first-order valence-electron chi connectivity index (χ1n) is 14.9. The Balaban J connectivity index is 1.34. The fraction of sp³-hybridized carbons (Fsp3) is 0.194. The predicted molar refractivity (Wildman–Crippen MR) is 184 cm³/mol. The van der Waals surface area contributed by atoms with E-state index in [0.29, 0.717) is 64.5 Å². The van der Waals surface area contributed by atoms with Crippen LogP contribution in [0.1, 0.15) is 22.8 Å². The fourth-order valence-electron chi connectivity index (χ4n) is 4.73. The summed E-state index contributed by atoms with van der Waals surface area (Å²) in [6, 6.07) is 24.2. The van der Waals surface area contributed by atoms with Gasteiger partial charge in [0.1, 0.15) is 24.7 Å². The molecule has 5 rings (SSSR count). The number of nitrogens with one attached hydrogen (secondary N) is 3. The lowest BCUT2D eigenvalue weighted by molar-refractivity contribution is -0.115. The number of thioether (sulfide) groups is 1. The highest BCUT2D eigenvalue weighted by Gasteiger charge is 2.20. The lowest BCUT2D eigenvalue weighted by Crippen LogP contribution is -2.30. The molecule has 48 heavy (non-hydrogen) atoms. The fourth-order valence-corrected chi connectivity index (χ4v) is 5.66. The standard InChI is InChI=1S/C36H35N3O8S/c1-22(34(40)37-26-13-14-29-33(20-26)47-16-15-46-29)48-27-12-8-11-25(19-27)38-36(42)28(39-35(41)23-9-6-5-7-10-23)17-24-18-31(44-3)32(45-4)21-30(24)43-2/h5-14,17-22H,15-16H2,1-4H3,(H,37,40)(H,38,42)(H,39,41)/b28-17+. The molecule has 0 aromatic heterocycles. The van der Waals surface area contributed by atoms with Crippen molar-refractivity contribution in [2.24, 2.45) is 0 Å². The second-order valence-corrected chi connectivity index (χ2v) is 11.8. The Morgan fingerprint density at radius 2 is 1.44 bits per heavy atom. The number of ether oxygens (including phenoxy) is 5. The third-order valence-corrected chi connectivity index (χ3v) is 8.24. The lowest BCUT2D eigenvalue weighted by atomic mass is 10.1. The van der Waals surface area contributed by atoms with Crippen molar-refractivity contribution < 1.29 is 38.1 Å². The van der Waals surface area contributed by atoms with E-state index in [4.69, 9.17) is 23.7 Å². The maximum atomic E-state index is 13.7. The second-order valence-electron chi connectivity index (χ2n) is 10.4. The molecule has 0 spiro atoms. The van der Waals surface area contributed by atoms with Gasteiger partial charge in [0.05, 0.1) is 26.6 Å². The maximum absolute atomic E-state index is 13.7. The number of rotatable bonds is 12. The molecule has 1 unspecified atom stereocenters. The maximum Gasteiger partial charge on any atom is 0.272 e. The molecule has 0 radical (unpaired) electrons. The van der Waals surface area contributed by atoms with E-state index in [-0.39, 0.29) is 11.6 Å². The molecule has 0 aliphatic carbocycles. The van der Waals surface area contributed by atoms with Crippen molar-refractivity contribution in [3.8, 4) is 28.7 Å². The second kappa shape index (κ2) is 15.8. The van der Waals surface area contributed by atoms with E-state index < -0.39 is 17.1 Å². The van der Waals surface area contributed by atoms with Crippen molar-refractivity contribution in [2.45, 2.75) is 17.1 Å². The Hall–Kier alpha value is -5.62. The van der Waals surface area contributed by atoms with Crippen LogP contribution < -0.4 is 39.6 Å². The van der Waals surface area contributed by atoms with Gasteiger partial charge in [0.2, 0.25) is 5.91 Å². The molecule has 1 aliphatic rings. The molecule has 4 aromatic rings. The van der Waals surface area contributed by atoms with Crippen molar-refractivity contribution in [3.63, 3.8) is 0 Å². The number of methoxy groups -OCH3 is 3. The Labute approximate surface area is 282 Å². The van der Waals surface area contributed by atoms with Gasteiger partial charge < -0.3 is 39.6 Å². The third kappa shape index (κ3) is 8.39. The monoisotopic (exact) mass is 669 g/mol. The average molecular weight is 670 g/mol. The number of hydrogen-bond donors (Lipinski definition) is 3. The van der Waals surface area contributed by atoms with E-state index in [2.05, 4.69) is 16.0 Å². The minimum absolute atomic E-state index is 0.0420. The zero-order chi connectivity index (χ0) is 34.0. The molecule has 3 amide bonds. The molecule has 0 fully saturated rings. The predicted octanol–water partition coefficient (Wildman–Crippen LogP) is 6.01. The zero-order valence-electron chi connectivity index (χ0n) is 26.8. The Kier molecular flexibility index (Phi) is 11.1. The van der Waals surface area contributed by atoms with Crippen LogP contribution in [0, 0.1) is 0 Å². The minimum atomic E-state index is -0.581. The first kappa shape index (κ1) is 33.7. The number of fused-ring (bicyclic) bond motifs is 1. The number of anilines is 2. The molecule has 11 nitrogen and oxygen atoms in total. The number of benzene rings is 4. The van der Waals surface area contributed by atoms with Gasteiger partial charge in [-0.3, -0.25) is 14.4 Å². The average Bonchev–Trinajstić information content (AvgIpc) is 3.11. The summed E-state index contributed by atoms with van der Waals surface area (Å²) < 4.78 is 27.5. The van der Waals surface area contributed by atoms with E-state index in [0.717, 1.165) is 4.90 Å². The van der Waals surface area contributed by atoms with Gasteiger partial charge in [-0.1, -0.05) is 24.3 Å². The molecule has 1 aliphatic heterocycles. The first-order valence-corrected chi connectivity index (χ1v) is 15.8. The smallest absolute Gasteiger partial charge is 0.272 e. The summed E-state index contributed by atoms with van der Waals surface area (Å²) in [5.41, 5.74) is 1.86. The van der Waals surface area contributed by atoms with Gasteiger partial charge in [0, 0.05) is 39.5 Å². The summed E-state index contributed by atoms with van der Waals surface area (Å²) in [7, 11) is 4.49. The van der Waals surface area contributed by atoms with Crippen LogP contribution >= 0.6 is 11.8 Å². The van der Waals surface area contributed by atoms with Crippen LogP contribution in [0.2, 0.25) is 0 Å². The van der Waals surface area contributed by atoms with E-state index in [1.807, 2.05) is 6.07 Å². The van der Waals surface area contributed by atoms with Crippen LogP contribution in [0.25, 0.3) is 6.08 Å². The van der Waals surface area contributed by atoms with Crippen LogP contribution in [-0.2, 0) is 9.59 Å².